The molecule has 6 nitrogen and oxygen atoms in total. The molecule has 0 rings (SSSR count). The Morgan fingerprint density at radius 2 is 1.78 bits per heavy atom. The maximum Gasteiger partial charge on any atom is 0.271 e. The highest BCUT2D eigenvalue weighted by Crippen LogP contribution is 1.92. The summed E-state index contributed by atoms with van der Waals surface area (Å²) in [6, 6.07) is 0. The van der Waals surface area contributed by atoms with Crippen molar-refractivity contribution in [3.63, 3.8) is 0 Å². The van der Waals surface area contributed by atoms with Gasteiger partial charge in [-0.15, -0.1) is 0 Å². The molecule has 0 saturated heterocycles. The molecule has 0 aromatic carbocycles. The summed E-state index contributed by atoms with van der Waals surface area (Å²) in [4.78, 5) is 0. The zero-order chi connectivity index (χ0) is 7.71. The Hall–Kier alpha value is -0.210. The number of hydrogen-bond acceptors (Lipinski definition) is 5. The van der Waals surface area contributed by atoms with Crippen LogP contribution in [0.5, 0.6) is 0 Å². The van der Waals surface area contributed by atoms with Crippen molar-refractivity contribution in [3.05, 3.63) is 0 Å². The fraction of sp³-hybridized carbons (Fsp3) is 1.00. The Kier molecular flexibility index (Phi) is 2.14. The average molecular weight is 157 g/mol. The molecular weight excluding hydrogens is 150 g/mol. The molecule has 0 saturated carbocycles. The predicted molar refractivity (Wildman–Crippen MR) is 27.8 cm³/mol. The van der Waals surface area contributed by atoms with Gasteiger partial charge in [0.2, 0.25) is 5.91 Å². The van der Waals surface area contributed by atoms with E-state index in [1.807, 2.05) is 0 Å². The van der Waals surface area contributed by atoms with Gasteiger partial charge in [-0.05, 0) is 0 Å². The SMILES string of the molecule is NC(O)(O)CS(=O)(=O)O. The van der Waals surface area contributed by atoms with Crippen molar-refractivity contribution in [1.29, 1.82) is 0 Å². The molecule has 9 heavy (non-hydrogen) atoms. The molecule has 0 fully saturated rings. The van der Waals surface area contributed by atoms with Crippen LogP contribution in [0.3, 0.4) is 0 Å². The van der Waals surface area contributed by atoms with Crippen LogP contribution in [-0.2, 0) is 10.1 Å². The summed E-state index contributed by atoms with van der Waals surface area (Å²) in [6.07, 6.45) is 0. The molecule has 0 aliphatic rings. The molecule has 5 N–H and O–H groups in total. The van der Waals surface area contributed by atoms with E-state index in [9.17, 15) is 8.42 Å². The van der Waals surface area contributed by atoms with Crippen molar-refractivity contribution in [3.8, 4) is 0 Å². The molecule has 0 radical (unpaired) electrons. The smallest absolute Gasteiger partial charge is 0.271 e. The van der Waals surface area contributed by atoms with Crippen LogP contribution in [0.15, 0.2) is 0 Å². The van der Waals surface area contributed by atoms with E-state index in [-0.39, 0.29) is 0 Å². The average Bonchev–Trinajstić information content (AvgIpc) is 1.14. The van der Waals surface area contributed by atoms with Gasteiger partial charge < -0.3 is 10.2 Å². The molecule has 0 heterocycles. The normalized spacial score (nSPS) is 13.8. The third kappa shape index (κ3) is 7.79. The number of aliphatic hydroxyl groups is 2. The third-order valence-corrected chi connectivity index (χ3v) is 1.18. The van der Waals surface area contributed by atoms with Gasteiger partial charge >= 0.3 is 0 Å². The van der Waals surface area contributed by atoms with Crippen LogP contribution in [0, 0.1) is 0 Å². The monoisotopic (exact) mass is 157 g/mol. The molecule has 0 atom stereocenters. The molecule has 0 aromatic rings. The van der Waals surface area contributed by atoms with Crippen LogP contribution < -0.4 is 5.73 Å². The molecule has 0 unspecified atom stereocenters. The van der Waals surface area contributed by atoms with E-state index >= 15 is 0 Å². The van der Waals surface area contributed by atoms with Crippen LogP contribution in [-0.4, -0.2) is 34.8 Å². The van der Waals surface area contributed by atoms with Crippen LogP contribution in [0.25, 0.3) is 0 Å². The molecule has 0 amide bonds. The zero-order valence-corrected chi connectivity index (χ0v) is 5.17. The minimum atomic E-state index is -4.41. The highest BCUT2D eigenvalue weighted by atomic mass is 32.2. The second-order valence-corrected chi connectivity index (χ2v) is 3.06. The standard InChI is InChI=1S/C2H7NO5S/c3-2(4,5)1-9(6,7)8/h4-5H,1,3H2,(H,6,7,8). The summed E-state index contributed by atoms with van der Waals surface area (Å²) >= 11 is 0. The van der Waals surface area contributed by atoms with Crippen LogP contribution in [0.1, 0.15) is 0 Å². The summed E-state index contributed by atoms with van der Waals surface area (Å²) in [5.41, 5.74) is 4.39. The number of rotatable bonds is 2. The summed E-state index contributed by atoms with van der Waals surface area (Å²) < 4.78 is 27.5. The zero-order valence-electron chi connectivity index (χ0n) is 4.35. The number of hydrogen-bond donors (Lipinski definition) is 4. The first-order valence-electron chi connectivity index (χ1n) is 1.89. The lowest BCUT2D eigenvalue weighted by molar-refractivity contribution is -0.135. The van der Waals surface area contributed by atoms with Crippen LogP contribution in [0.2, 0.25) is 0 Å². The highest BCUT2D eigenvalue weighted by molar-refractivity contribution is 7.85. The van der Waals surface area contributed by atoms with Gasteiger partial charge in [-0.2, -0.15) is 8.42 Å². The van der Waals surface area contributed by atoms with Gasteiger partial charge in [0.1, 0.15) is 5.75 Å². The molecule has 0 bridgehead atoms. The molecule has 7 heteroatoms. The van der Waals surface area contributed by atoms with Gasteiger partial charge in [-0.25, -0.2) is 0 Å². The summed E-state index contributed by atoms with van der Waals surface area (Å²) in [5.74, 6) is -4.15. The van der Waals surface area contributed by atoms with Crippen molar-refractivity contribution in [2.75, 3.05) is 5.75 Å². The van der Waals surface area contributed by atoms with E-state index in [4.69, 9.17) is 14.8 Å². The van der Waals surface area contributed by atoms with Crippen molar-refractivity contribution < 1.29 is 23.2 Å². The Morgan fingerprint density at radius 1 is 1.44 bits per heavy atom. The molecule has 56 valence electrons. The predicted octanol–water partition coefficient (Wildman–Crippen LogP) is -2.53. The van der Waals surface area contributed by atoms with E-state index in [1.54, 1.807) is 0 Å². The van der Waals surface area contributed by atoms with E-state index in [1.165, 1.54) is 0 Å². The maximum atomic E-state index is 9.80. The van der Waals surface area contributed by atoms with Gasteiger partial charge in [0.15, 0.2) is 0 Å². The van der Waals surface area contributed by atoms with Gasteiger partial charge in [0.05, 0.1) is 0 Å². The van der Waals surface area contributed by atoms with Crippen molar-refractivity contribution in [2.45, 2.75) is 5.91 Å². The fourth-order valence-electron chi connectivity index (χ4n) is 0.268. The number of nitrogens with two attached hydrogens (primary N) is 1. The first-order valence-corrected chi connectivity index (χ1v) is 3.50. The molecule has 0 aliphatic heterocycles. The Labute approximate surface area is 51.7 Å². The Bertz CT molecular complexity index is 176. The molecule has 0 aromatic heterocycles. The Morgan fingerprint density at radius 3 is 1.78 bits per heavy atom. The summed E-state index contributed by atoms with van der Waals surface area (Å²) in [5, 5.41) is 16.3. The lowest BCUT2D eigenvalue weighted by atomic mass is 10.6. The minimum absolute atomic E-state index is 1.29. The topological polar surface area (TPSA) is 121 Å². The van der Waals surface area contributed by atoms with Gasteiger partial charge in [-0.1, -0.05) is 0 Å². The quantitative estimate of drug-likeness (QED) is 0.259. The van der Waals surface area contributed by atoms with Gasteiger partial charge in [0, 0.05) is 0 Å². The third-order valence-electron chi connectivity index (χ3n) is 0.395. The maximum absolute atomic E-state index is 9.80. The van der Waals surface area contributed by atoms with Crippen molar-refractivity contribution in [1.82, 2.24) is 0 Å². The largest absolute Gasteiger partial charge is 0.353 e. The fourth-order valence-corrected chi connectivity index (χ4v) is 0.805. The minimum Gasteiger partial charge on any atom is -0.353 e. The van der Waals surface area contributed by atoms with E-state index in [2.05, 4.69) is 5.73 Å². The molecular formula is C2H7NO5S. The van der Waals surface area contributed by atoms with E-state index < -0.39 is 21.8 Å². The van der Waals surface area contributed by atoms with Crippen LogP contribution >= 0.6 is 0 Å². The first-order chi connectivity index (χ1) is 3.71. The van der Waals surface area contributed by atoms with Crippen LogP contribution in [0.4, 0.5) is 0 Å². The first kappa shape index (κ1) is 8.79. The van der Waals surface area contributed by atoms with Crippen molar-refractivity contribution >= 4 is 10.1 Å². The van der Waals surface area contributed by atoms with Gasteiger partial charge in [-0.3, -0.25) is 10.3 Å². The lowest BCUT2D eigenvalue weighted by Gasteiger charge is -2.11. The highest BCUT2D eigenvalue weighted by Gasteiger charge is 2.23. The molecule has 0 aliphatic carbocycles. The second kappa shape index (κ2) is 2.20. The summed E-state index contributed by atoms with van der Waals surface area (Å²) in [6.45, 7) is 0. The summed E-state index contributed by atoms with van der Waals surface area (Å²) in [7, 11) is -4.41. The van der Waals surface area contributed by atoms with E-state index in [0.29, 0.717) is 0 Å². The second-order valence-electron chi connectivity index (χ2n) is 1.60. The molecule has 0 spiro atoms. The van der Waals surface area contributed by atoms with E-state index in [0.717, 1.165) is 0 Å². The van der Waals surface area contributed by atoms with Crippen molar-refractivity contribution in [2.24, 2.45) is 5.73 Å². The Balaban J connectivity index is 4.07. The lowest BCUT2D eigenvalue weighted by Crippen LogP contribution is -2.45. The van der Waals surface area contributed by atoms with Gasteiger partial charge in [0.25, 0.3) is 10.1 Å².